The quantitative estimate of drug-likeness (QED) is 0.625. The van der Waals surface area contributed by atoms with Gasteiger partial charge in [-0.2, -0.15) is 0 Å². The van der Waals surface area contributed by atoms with E-state index in [2.05, 4.69) is 28.8 Å². The van der Waals surface area contributed by atoms with Crippen LogP contribution in [-0.2, 0) is 0 Å². The highest BCUT2D eigenvalue weighted by Crippen LogP contribution is 2.16. The molecule has 3 nitrogen and oxygen atoms in total. The van der Waals surface area contributed by atoms with Crippen molar-refractivity contribution in [2.45, 2.75) is 6.42 Å². The maximum Gasteiger partial charge on any atom is 0.0110 e. The number of rotatable bonds is 2. The van der Waals surface area contributed by atoms with Crippen molar-refractivity contribution in [3.05, 3.63) is 0 Å². The third-order valence-electron chi connectivity index (χ3n) is 3.60. The third kappa shape index (κ3) is 2.69. The van der Waals surface area contributed by atoms with E-state index in [1.807, 2.05) is 0 Å². The molecule has 0 aliphatic carbocycles. The molecule has 0 N–H and O–H groups in total. The second kappa shape index (κ2) is 4.60. The number of nitrogens with zero attached hydrogens (tertiary/aromatic N) is 3. The summed E-state index contributed by atoms with van der Waals surface area (Å²) in [6.45, 7) is 9.00. The molecule has 2 heterocycles. The van der Waals surface area contributed by atoms with Crippen LogP contribution >= 0.6 is 0 Å². The van der Waals surface area contributed by atoms with Gasteiger partial charge in [0.05, 0.1) is 0 Å². The van der Waals surface area contributed by atoms with E-state index >= 15 is 0 Å². The van der Waals surface area contributed by atoms with E-state index in [1.165, 1.54) is 52.2 Å². The monoisotopic (exact) mass is 197 g/mol. The molecule has 0 radical (unpaired) electrons. The molecule has 3 heteroatoms. The van der Waals surface area contributed by atoms with E-state index in [-0.39, 0.29) is 0 Å². The Hall–Kier alpha value is -0.120. The minimum absolute atomic E-state index is 0.934. The van der Waals surface area contributed by atoms with Crippen LogP contribution in [0.25, 0.3) is 0 Å². The summed E-state index contributed by atoms with van der Waals surface area (Å²) in [4.78, 5) is 7.53. The lowest BCUT2D eigenvalue weighted by molar-refractivity contribution is 0.137. The zero-order valence-corrected chi connectivity index (χ0v) is 9.58. The number of piperazine rings is 1. The Morgan fingerprint density at radius 3 is 2.21 bits per heavy atom. The van der Waals surface area contributed by atoms with E-state index in [4.69, 9.17) is 0 Å². The molecule has 2 saturated heterocycles. The Labute approximate surface area is 87.7 Å². The molecule has 1 atom stereocenters. The average molecular weight is 197 g/mol. The van der Waals surface area contributed by atoms with Crippen LogP contribution in [0.3, 0.4) is 0 Å². The van der Waals surface area contributed by atoms with Gasteiger partial charge in [-0.3, -0.25) is 0 Å². The lowest BCUT2D eigenvalue weighted by Crippen LogP contribution is -2.46. The van der Waals surface area contributed by atoms with Crippen LogP contribution in [0.5, 0.6) is 0 Å². The molecule has 0 unspecified atom stereocenters. The fourth-order valence-corrected chi connectivity index (χ4v) is 2.57. The molecule has 0 aromatic heterocycles. The third-order valence-corrected chi connectivity index (χ3v) is 3.60. The molecule has 0 aromatic rings. The van der Waals surface area contributed by atoms with Crippen LogP contribution < -0.4 is 0 Å². The van der Waals surface area contributed by atoms with Crippen molar-refractivity contribution in [1.82, 2.24) is 14.7 Å². The van der Waals surface area contributed by atoms with Gasteiger partial charge < -0.3 is 14.7 Å². The number of hydrogen-bond donors (Lipinski definition) is 0. The summed E-state index contributed by atoms with van der Waals surface area (Å²) in [6.07, 6.45) is 1.41. The zero-order valence-electron chi connectivity index (χ0n) is 9.58. The molecule has 0 aromatic carbocycles. The largest absolute Gasteiger partial charge is 0.306 e. The molecule has 14 heavy (non-hydrogen) atoms. The first-order valence-corrected chi connectivity index (χ1v) is 5.83. The van der Waals surface area contributed by atoms with Gasteiger partial charge >= 0.3 is 0 Å². The van der Waals surface area contributed by atoms with E-state index in [1.54, 1.807) is 0 Å². The molecular formula is C11H23N3. The Morgan fingerprint density at radius 1 is 0.929 bits per heavy atom. The van der Waals surface area contributed by atoms with E-state index in [0.717, 1.165) is 5.92 Å². The van der Waals surface area contributed by atoms with Crippen molar-refractivity contribution in [3.63, 3.8) is 0 Å². The molecule has 0 spiro atoms. The van der Waals surface area contributed by atoms with E-state index in [0.29, 0.717) is 0 Å². The first-order valence-electron chi connectivity index (χ1n) is 5.83. The van der Waals surface area contributed by atoms with Crippen molar-refractivity contribution in [2.75, 3.05) is 59.9 Å². The molecule has 0 saturated carbocycles. The van der Waals surface area contributed by atoms with Crippen LogP contribution in [-0.4, -0.2) is 74.6 Å². The number of hydrogen-bond acceptors (Lipinski definition) is 3. The van der Waals surface area contributed by atoms with E-state index in [9.17, 15) is 0 Å². The zero-order chi connectivity index (χ0) is 9.97. The Bertz CT molecular complexity index is 175. The van der Waals surface area contributed by atoms with Gasteiger partial charge in [0.25, 0.3) is 0 Å². The highest BCUT2D eigenvalue weighted by Gasteiger charge is 2.23. The summed E-state index contributed by atoms with van der Waals surface area (Å²) in [5.74, 6) is 0.934. The summed E-state index contributed by atoms with van der Waals surface area (Å²) in [5.41, 5.74) is 0. The predicted molar refractivity (Wildman–Crippen MR) is 59.5 cm³/mol. The fraction of sp³-hybridized carbons (Fsp3) is 1.00. The minimum Gasteiger partial charge on any atom is -0.306 e. The van der Waals surface area contributed by atoms with Crippen LogP contribution in [0.4, 0.5) is 0 Å². The second-order valence-electron chi connectivity index (χ2n) is 5.02. The standard InChI is InChI=1S/C11H23N3/c1-12-5-7-14(8-6-12)10-11-3-4-13(2)9-11/h11H,3-10H2,1-2H3/t11-/m0/s1. The Morgan fingerprint density at radius 2 is 1.64 bits per heavy atom. The molecule has 2 aliphatic rings. The van der Waals surface area contributed by atoms with Crippen molar-refractivity contribution >= 4 is 0 Å². The van der Waals surface area contributed by atoms with Gasteiger partial charge in [-0.15, -0.1) is 0 Å². The smallest absolute Gasteiger partial charge is 0.0110 e. The maximum atomic E-state index is 2.64. The lowest BCUT2D eigenvalue weighted by atomic mass is 10.1. The van der Waals surface area contributed by atoms with Gasteiger partial charge in [0.1, 0.15) is 0 Å². The van der Waals surface area contributed by atoms with Crippen molar-refractivity contribution in [2.24, 2.45) is 5.92 Å². The summed E-state index contributed by atoms with van der Waals surface area (Å²) in [5, 5.41) is 0. The fourth-order valence-electron chi connectivity index (χ4n) is 2.57. The minimum atomic E-state index is 0.934. The molecule has 82 valence electrons. The second-order valence-corrected chi connectivity index (χ2v) is 5.02. The Kier molecular flexibility index (Phi) is 3.42. The highest BCUT2D eigenvalue weighted by molar-refractivity contribution is 4.78. The molecule has 2 fully saturated rings. The van der Waals surface area contributed by atoms with Crippen LogP contribution in [0.1, 0.15) is 6.42 Å². The van der Waals surface area contributed by atoms with Gasteiger partial charge in [-0.05, 0) is 33.0 Å². The van der Waals surface area contributed by atoms with Gasteiger partial charge in [-0.25, -0.2) is 0 Å². The van der Waals surface area contributed by atoms with Gasteiger partial charge in [0, 0.05) is 39.3 Å². The van der Waals surface area contributed by atoms with Crippen molar-refractivity contribution < 1.29 is 0 Å². The van der Waals surface area contributed by atoms with Crippen molar-refractivity contribution in [3.8, 4) is 0 Å². The summed E-state index contributed by atoms with van der Waals surface area (Å²) >= 11 is 0. The van der Waals surface area contributed by atoms with Crippen molar-refractivity contribution in [1.29, 1.82) is 0 Å². The van der Waals surface area contributed by atoms with Crippen LogP contribution in [0.2, 0.25) is 0 Å². The number of likely N-dealkylation sites (N-methyl/N-ethyl adjacent to an activating group) is 1. The molecule has 2 rings (SSSR count). The van der Waals surface area contributed by atoms with Crippen LogP contribution in [0, 0.1) is 5.92 Å². The molecule has 0 bridgehead atoms. The highest BCUT2D eigenvalue weighted by atomic mass is 15.2. The SMILES string of the molecule is CN1CCN(C[C@H]2CCN(C)C2)CC1. The topological polar surface area (TPSA) is 9.72 Å². The average Bonchev–Trinajstić information content (AvgIpc) is 2.56. The van der Waals surface area contributed by atoms with E-state index < -0.39 is 0 Å². The van der Waals surface area contributed by atoms with Gasteiger partial charge in [-0.1, -0.05) is 0 Å². The van der Waals surface area contributed by atoms with Gasteiger partial charge in [0.15, 0.2) is 0 Å². The molecule has 2 aliphatic heterocycles. The Balaban J connectivity index is 1.70. The summed E-state index contributed by atoms with van der Waals surface area (Å²) in [7, 11) is 4.46. The molecular weight excluding hydrogens is 174 g/mol. The summed E-state index contributed by atoms with van der Waals surface area (Å²) in [6, 6.07) is 0. The lowest BCUT2D eigenvalue weighted by Gasteiger charge is -2.33. The van der Waals surface area contributed by atoms with Gasteiger partial charge in [0.2, 0.25) is 0 Å². The first kappa shape index (κ1) is 10.4. The normalized spacial score (nSPS) is 32.6. The maximum absolute atomic E-state index is 2.64. The van der Waals surface area contributed by atoms with Crippen LogP contribution in [0.15, 0.2) is 0 Å². The molecule has 0 amide bonds. The predicted octanol–water partition coefficient (Wildman–Crippen LogP) is 0.186. The number of likely N-dealkylation sites (tertiary alicyclic amines) is 1. The summed E-state index contributed by atoms with van der Waals surface area (Å²) < 4.78 is 0. The first-order chi connectivity index (χ1) is 6.74.